The molecule has 0 amide bonds. The van der Waals surface area contributed by atoms with Crippen LogP contribution in [0.4, 0.5) is 0 Å². The predicted octanol–water partition coefficient (Wildman–Crippen LogP) is 0.476. The van der Waals surface area contributed by atoms with Gasteiger partial charge in [0.1, 0.15) is 0 Å². The van der Waals surface area contributed by atoms with Crippen molar-refractivity contribution in [2.24, 2.45) is 17.1 Å². The molecule has 2 rings (SSSR count). The average Bonchev–Trinajstić information content (AvgIpc) is 2.14. The topological polar surface area (TPSA) is 58.3 Å². The van der Waals surface area contributed by atoms with Gasteiger partial charge in [0.15, 0.2) is 0 Å². The van der Waals surface area contributed by atoms with Crippen LogP contribution in [0.1, 0.15) is 32.6 Å². The second-order valence-corrected chi connectivity index (χ2v) is 5.32. The fourth-order valence-corrected chi connectivity index (χ4v) is 3.19. The van der Waals surface area contributed by atoms with Crippen LogP contribution in [-0.2, 0) is 0 Å². The van der Waals surface area contributed by atoms with E-state index in [4.69, 9.17) is 5.73 Å². The van der Waals surface area contributed by atoms with E-state index in [0.717, 1.165) is 31.8 Å². The van der Waals surface area contributed by atoms with Gasteiger partial charge in [0.25, 0.3) is 0 Å². The number of hydrogen-bond donors (Lipinski definition) is 3. The Morgan fingerprint density at radius 1 is 1.50 bits per heavy atom. The van der Waals surface area contributed by atoms with Crippen molar-refractivity contribution in [1.29, 1.82) is 0 Å². The van der Waals surface area contributed by atoms with Crippen LogP contribution in [0.25, 0.3) is 0 Å². The molecule has 2 fully saturated rings. The molecule has 82 valence electrons. The maximum absolute atomic E-state index is 10.5. The summed E-state index contributed by atoms with van der Waals surface area (Å²) in [6, 6.07) is 0. The normalized spacial score (nSPS) is 41.8. The highest BCUT2D eigenvalue weighted by Crippen LogP contribution is 2.47. The van der Waals surface area contributed by atoms with Crippen LogP contribution in [0.2, 0.25) is 0 Å². The Bertz CT molecular complexity index is 215. The minimum absolute atomic E-state index is 0.00405. The van der Waals surface area contributed by atoms with Crippen LogP contribution >= 0.6 is 0 Å². The summed E-state index contributed by atoms with van der Waals surface area (Å²) in [6.07, 6.45) is 4.72. The molecule has 3 nitrogen and oxygen atoms in total. The highest BCUT2D eigenvalue weighted by atomic mass is 16.3. The smallest absolute Gasteiger partial charge is 0.0962 e. The molecule has 2 unspecified atom stereocenters. The maximum Gasteiger partial charge on any atom is 0.0962 e. The van der Waals surface area contributed by atoms with E-state index >= 15 is 0 Å². The van der Waals surface area contributed by atoms with E-state index in [-0.39, 0.29) is 5.41 Å². The summed E-state index contributed by atoms with van der Waals surface area (Å²) in [5.74, 6) is 0.719. The molecule has 1 saturated carbocycles. The van der Waals surface area contributed by atoms with E-state index in [0.29, 0.717) is 6.54 Å². The van der Waals surface area contributed by atoms with Crippen LogP contribution in [0.5, 0.6) is 0 Å². The van der Waals surface area contributed by atoms with Crippen molar-refractivity contribution >= 4 is 0 Å². The number of aliphatic hydroxyl groups is 1. The van der Waals surface area contributed by atoms with E-state index in [1.807, 2.05) is 0 Å². The monoisotopic (exact) mass is 198 g/mol. The summed E-state index contributed by atoms with van der Waals surface area (Å²) in [5.41, 5.74) is 5.39. The van der Waals surface area contributed by atoms with Crippen LogP contribution < -0.4 is 11.1 Å². The molecule has 0 aromatic rings. The lowest BCUT2D eigenvalue weighted by atomic mass is 9.59. The highest BCUT2D eigenvalue weighted by Gasteiger charge is 2.54. The number of nitrogens with two attached hydrogens (primary N) is 1. The number of β-amino-alcohol motifs (C(OH)–C–C–N with tert-alkyl or cyclic N) is 1. The van der Waals surface area contributed by atoms with Crippen molar-refractivity contribution in [2.45, 2.75) is 38.2 Å². The molecule has 0 aromatic heterocycles. The van der Waals surface area contributed by atoms with E-state index in [1.54, 1.807) is 0 Å². The summed E-state index contributed by atoms with van der Waals surface area (Å²) in [5, 5.41) is 13.6. The van der Waals surface area contributed by atoms with E-state index in [2.05, 4.69) is 12.2 Å². The van der Waals surface area contributed by atoms with Gasteiger partial charge < -0.3 is 16.2 Å². The zero-order valence-corrected chi connectivity index (χ0v) is 9.05. The van der Waals surface area contributed by atoms with Gasteiger partial charge in [-0.25, -0.2) is 0 Å². The molecule has 14 heavy (non-hydrogen) atoms. The third-order valence-corrected chi connectivity index (χ3v) is 4.30. The number of nitrogens with one attached hydrogen (secondary N) is 1. The van der Waals surface area contributed by atoms with Crippen molar-refractivity contribution < 1.29 is 5.11 Å². The minimum Gasteiger partial charge on any atom is -0.387 e. The molecule has 1 aliphatic heterocycles. The van der Waals surface area contributed by atoms with Crippen LogP contribution in [0, 0.1) is 11.3 Å². The highest BCUT2D eigenvalue weighted by molar-refractivity contribution is 5.09. The van der Waals surface area contributed by atoms with Crippen molar-refractivity contribution in [3.05, 3.63) is 0 Å². The minimum atomic E-state index is -0.517. The molecule has 1 heterocycles. The van der Waals surface area contributed by atoms with Gasteiger partial charge in [0.2, 0.25) is 0 Å². The van der Waals surface area contributed by atoms with Gasteiger partial charge in [0.05, 0.1) is 5.60 Å². The zero-order valence-electron chi connectivity index (χ0n) is 9.05. The van der Waals surface area contributed by atoms with Crippen molar-refractivity contribution in [2.75, 3.05) is 19.6 Å². The van der Waals surface area contributed by atoms with Gasteiger partial charge in [-0.3, -0.25) is 0 Å². The predicted molar refractivity (Wildman–Crippen MR) is 56.9 cm³/mol. The quantitative estimate of drug-likeness (QED) is 0.605. The first kappa shape index (κ1) is 10.4. The summed E-state index contributed by atoms with van der Waals surface area (Å²) in [7, 11) is 0. The molecular weight excluding hydrogens is 176 g/mol. The van der Waals surface area contributed by atoms with Crippen molar-refractivity contribution in [3.63, 3.8) is 0 Å². The van der Waals surface area contributed by atoms with Crippen LogP contribution in [0.3, 0.4) is 0 Å². The molecule has 3 heteroatoms. The van der Waals surface area contributed by atoms with Crippen LogP contribution in [0.15, 0.2) is 0 Å². The molecule has 4 N–H and O–H groups in total. The van der Waals surface area contributed by atoms with Gasteiger partial charge >= 0.3 is 0 Å². The molecule has 0 spiro atoms. The SMILES string of the molecule is CC1CCCC(CN)(C2(O)CNC2)C1. The number of rotatable bonds is 2. The molecule has 1 aliphatic carbocycles. The van der Waals surface area contributed by atoms with E-state index in [9.17, 15) is 5.11 Å². The average molecular weight is 198 g/mol. The fraction of sp³-hybridized carbons (Fsp3) is 1.00. The summed E-state index contributed by atoms with van der Waals surface area (Å²) < 4.78 is 0. The summed E-state index contributed by atoms with van der Waals surface area (Å²) in [6.45, 7) is 4.38. The Hall–Kier alpha value is -0.120. The third-order valence-electron chi connectivity index (χ3n) is 4.30. The second-order valence-electron chi connectivity index (χ2n) is 5.32. The first-order valence-electron chi connectivity index (χ1n) is 5.75. The molecule has 0 aromatic carbocycles. The first-order chi connectivity index (χ1) is 6.62. The molecule has 0 bridgehead atoms. The summed E-state index contributed by atoms with van der Waals surface area (Å²) >= 11 is 0. The Kier molecular flexibility index (Phi) is 2.58. The Balaban J connectivity index is 2.15. The zero-order chi connectivity index (χ0) is 10.2. The van der Waals surface area contributed by atoms with Gasteiger partial charge in [0, 0.05) is 25.0 Å². The molecule has 2 aliphatic rings. The molecule has 2 atom stereocenters. The largest absolute Gasteiger partial charge is 0.387 e. The summed E-state index contributed by atoms with van der Waals surface area (Å²) in [4.78, 5) is 0. The first-order valence-corrected chi connectivity index (χ1v) is 5.75. The Labute approximate surface area is 86.1 Å². The van der Waals surface area contributed by atoms with Gasteiger partial charge in [-0.05, 0) is 18.8 Å². The van der Waals surface area contributed by atoms with Crippen LogP contribution in [-0.4, -0.2) is 30.3 Å². The van der Waals surface area contributed by atoms with Crippen molar-refractivity contribution in [3.8, 4) is 0 Å². The molecule has 1 saturated heterocycles. The van der Waals surface area contributed by atoms with Gasteiger partial charge in [-0.1, -0.05) is 19.8 Å². The molecular formula is C11H22N2O. The van der Waals surface area contributed by atoms with Gasteiger partial charge in [-0.15, -0.1) is 0 Å². The Morgan fingerprint density at radius 3 is 2.64 bits per heavy atom. The standard InChI is InChI=1S/C11H22N2O/c1-9-3-2-4-10(5-9,6-12)11(14)7-13-8-11/h9,13-14H,2-8,12H2,1H3. The maximum atomic E-state index is 10.5. The number of hydrogen-bond acceptors (Lipinski definition) is 3. The fourth-order valence-electron chi connectivity index (χ4n) is 3.19. The van der Waals surface area contributed by atoms with E-state index < -0.39 is 5.60 Å². The Morgan fingerprint density at radius 2 is 2.21 bits per heavy atom. The van der Waals surface area contributed by atoms with E-state index in [1.165, 1.54) is 12.8 Å². The lowest BCUT2D eigenvalue weighted by Gasteiger charge is -2.55. The third kappa shape index (κ3) is 1.38. The lowest BCUT2D eigenvalue weighted by Crippen LogP contribution is -2.71. The second kappa shape index (κ2) is 3.47. The van der Waals surface area contributed by atoms with Gasteiger partial charge in [-0.2, -0.15) is 0 Å². The lowest BCUT2D eigenvalue weighted by molar-refractivity contribution is -0.138. The molecule has 0 radical (unpaired) electrons. The van der Waals surface area contributed by atoms with Crippen molar-refractivity contribution in [1.82, 2.24) is 5.32 Å².